The summed E-state index contributed by atoms with van der Waals surface area (Å²) in [7, 11) is -2.40. The van der Waals surface area contributed by atoms with Gasteiger partial charge in [-0.3, -0.25) is 0 Å². The molecule has 0 atom stereocenters. The van der Waals surface area contributed by atoms with Gasteiger partial charge in [0.25, 0.3) is 0 Å². The highest BCUT2D eigenvalue weighted by Crippen LogP contribution is 2.33. The molecule has 0 heterocycles. The summed E-state index contributed by atoms with van der Waals surface area (Å²) in [6.07, 6.45) is 0. The minimum absolute atomic E-state index is 0.0756. The maximum Gasteiger partial charge on any atom is 0.124 e. The Labute approximate surface area is 127 Å². The van der Waals surface area contributed by atoms with Gasteiger partial charge < -0.3 is 9.46 Å². The molecule has 0 saturated carbocycles. The Hall–Kier alpha value is -1.43. The lowest BCUT2D eigenvalue weighted by atomic mass is 10.3. The molecule has 0 aliphatic rings. The smallest absolute Gasteiger partial charge is 0.124 e. The van der Waals surface area contributed by atoms with E-state index in [1.165, 1.54) is 37.4 Å². The van der Waals surface area contributed by atoms with Gasteiger partial charge in [-0.15, -0.1) is 5.69 Å². The Morgan fingerprint density at radius 1 is 1.05 bits per heavy atom. The predicted molar refractivity (Wildman–Crippen MR) is 79.7 cm³/mol. The molecule has 4 nitrogen and oxygen atoms in total. The van der Waals surface area contributed by atoms with E-state index >= 15 is 0 Å². The first-order valence-electron chi connectivity index (χ1n) is 5.49. The van der Waals surface area contributed by atoms with E-state index in [9.17, 15) is 8.42 Å². The number of hydrogen-bond acceptors (Lipinski definition) is 3. The highest BCUT2D eigenvalue weighted by Gasteiger charge is 2.10. The average molecular weight is 331 g/mol. The van der Waals surface area contributed by atoms with E-state index in [0.717, 1.165) is 0 Å². The maximum absolute atomic E-state index is 12.2. The second-order valence-corrected chi connectivity index (χ2v) is 6.26. The van der Waals surface area contributed by atoms with E-state index in [1.807, 2.05) is 0 Å². The number of halogens is 2. The van der Waals surface area contributed by atoms with Gasteiger partial charge in [0.15, 0.2) is 0 Å². The molecule has 0 aromatic heterocycles. The van der Waals surface area contributed by atoms with Gasteiger partial charge >= 0.3 is 0 Å². The monoisotopic (exact) mass is 330 g/mol. The molecular formula is C13H10Cl2NO3S-. The van der Waals surface area contributed by atoms with Crippen LogP contribution in [0.3, 0.4) is 0 Å². The van der Waals surface area contributed by atoms with Crippen molar-refractivity contribution in [2.45, 2.75) is 4.90 Å². The normalized spacial score (nSPS) is 11.2. The lowest BCUT2D eigenvalue weighted by Crippen LogP contribution is -1.98. The van der Waals surface area contributed by atoms with Crippen LogP contribution in [0.15, 0.2) is 47.4 Å². The van der Waals surface area contributed by atoms with Gasteiger partial charge in [0.1, 0.15) is 15.8 Å². The quantitative estimate of drug-likeness (QED) is 0.834. The van der Waals surface area contributed by atoms with Crippen molar-refractivity contribution >= 4 is 38.9 Å². The number of ether oxygens (including phenoxy) is 1. The van der Waals surface area contributed by atoms with Crippen LogP contribution in [0.1, 0.15) is 0 Å². The van der Waals surface area contributed by atoms with Crippen LogP contribution in [0.4, 0.5) is 5.69 Å². The first kappa shape index (κ1) is 15.0. The number of methoxy groups -OCH3 is 1. The minimum atomic E-state index is -3.92. The second-order valence-electron chi connectivity index (χ2n) is 3.84. The summed E-state index contributed by atoms with van der Waals surface area (Å²) in [5.41, 5.74) is 0.279. The van der Waals surface area contributed by atoms with E-state index in [1.54, 1.807) is 12.1 Å². The summed E-state index contributed by atoms with van der Waals surface area (Å²) in [5, 5.41) is 0.351. The number of sulfonamides is 1. The van der Waals surface area contributed by atoms with Gasteiger partial charge in [0.05, 0.1) is 17.0 Å². The largest absolute Gasteiger partial charge is 0.573 e. The van der Waals surface area contributed by atoms with Crippen LogP contribution >= 0.6 is 23.2 Å². The van der Waals surface area contributed by atoms with E-state index in [-0.39, 0.29) is 20.6 Å². The third-order valence-electron chi connectivity index (χ3n) is 2.47. The zero-order chi connectivity index (χ0) is 14.8. The van der Waals surface area contributed by atoms with Crippen LogP contribution in [0, 0.1) is 0 Å². The lowest BCUT2D eigenvalue weighted by molar-refractivity contribution is 0.415. The lowest BCUT2D eigenvalue weighted by Gasteiger charge is -2.22. The molecule has 0 unspecified atom stereocenters. The van der Waals surface area contributed by atoms with Gasteiger partial charge in [-0.25, -0.2) is 8.42 Å². The van der Waals surface area contributed by atoms with E-state index in [2.05, 4.69) is 4.72 Å². The van der Waals surface area contributed by atoms with Crippen LogP contribution in [0.25, 0.3) is 4.72 Å². The Kier molecular flexibility index (Phi) is 4.42. The van der Waals surface area contributed by atoms with Crippen LogP contribution in [0.5, 0.6) is 5.75 Å². The summed E-state index contributed by atoms with van der Waals surface area (Å²) in [5.74, 6) is 0.613. The molecule has 0 bridgehead atoms. The molecule has 20 heavy (non-hydrogen) atoms. The fourth-order valence-electron chi connectivity index (χ4n) is 1.51. The molecular weight excluding hydrogens is 321 g/mol. The summed E-state index contributed by atoms with van der Waals surface area (Å²) in [6.45, 7) is 0. The summed E-state index contributed by atoms with van der Waals surface area (Å²) in [4.78, 5) is -0.123. The highest BCUT2D eigenvalue weighted by molar-refractivity contribution is 7.94. The Bertz CT molecular complexity index is 715. The number of hydrogen-bond donors (Lipinski definition) is 0. The third-order valence-corrected chi connectivity index (χ3v) is 4.49. The van der Waals surface area contributed by atoms with Crippen molar-refractivity contribution < 1.29 is 13.2 Å². The average Bonchev–Trinajstić information content (AvgIpc) is 2.42. The molecule has 0 N–H and O–H groups in total. The third kappa shape index (κ3) is 3.36. The Morgan fingerprint density at radius 2 is 1.70 bits per heavy atom. The van der Waals surface area contributed by atoms with Crippen molar-refractivity contribution in [2.75, 3.05) is 7.11 Å². The van der Waals surface area contributed by atoms with Crippen LogP contribution in [-0.4, -0.2) is 15.5 Å². The van der Waals surface area contributed by atoms with E-state index < -0.39 is 10.0 Å². The summed E-state index contributed by atoms with van der Waals surface area (Å²) < 4.78 is 33.1. The van der Waals surface area contributed by atoms with E-state index in [0.29, 0.717) is 5.75 Å². The van der Waals surface area contributed by atoms with Gasteiger partial charge in [-0.1, -0.05) is 35.3 Å². The first-order valence-corrected chi connectivity index (χ1v) is 7.69. The molecule has 0 spiro atoms. The number of rotatable bonds is 4. The molecule has 2 aromatic carbocycles. The standard InChI is InChI=1S/C13H10Cl2NO3S/c1-19-11-5-3-10(4-6-11)16-20(17,18)13-8-9(14)2-7-12(13)15/h2-8H,1H3/q-1. The Balaban J connectivity index is 2.32. The van der Waals surface area contributed by atoms with Crippen LogP contribution in [0.2, 0.25) is 10.0 Å². The van der Waals surface area contributed by atoms with Crippen molar-refractivity contribution in [1.29, 1.82) is 0 Å². The maximum atomic E-state index is 12.2. The van der Waals surface area contributed by atoms with Crippen molar-refractivity contribution in [3.63, 3.8) is 0 Å². The highest BCUT2D eigenvalue weighted by atomic mass is 35.5. The molecule has 2 rings (SSSR count). The topological polar surface area (TPSA) is 57.5 Å². The predicted octanol–water partition coefficient (Wildman–Crippen LogP) is 4.40. The van der Waals surface area contributed by atoms with Crippen LogP contribution < -0.4 is 4.74 Å². The van der Waals surface area contributed by atoms with Crippen molar-refractivity contribution in [3.05, 3.63) is 57.2 Å². The van der Waals surface area contributed by atoms with Crippen molar-refractivity contribution in [3.8, 4) is 5.75 Å². The molecule has 0 saturated heterocycles. The van der Waals surface area contributed by atoms with E-state index in [4.69, 9.17) is 27.9 Å². The van der Waals surface area contributed by atoms with Crippen LogP contribution in [-0.2, 0) is 10.0 Å². The second kappa shape index (κ2) is 5.91. The molecule has 0 fully saturated rings. The van der Waals surface area contributed by atoms with Crippen molar-refractivity contribution in [2.24, 2.45) is 0 Å². The molecule has 2 aromatic rings. The number of benzene rings is 2. The SMILES string of the molecule is COc1ccc([N-]S(=O)(=O)c2cc(Cl)ccc2Cl)cc1. The molecule has 0 aliphatic carbocycles. The zero-order valence-electron chi connectivity index (χ0n) is 10.4. The number of nitrogens with zero attached hydrogens (tertiary/aromatic N) is 1. The summed E-state index contributed by atoms with van der Waals surface area (Å²) >= 11 is 11.7. The molecule has 0 amide bonds. The first-order chi connectivity index (χ1) is 9.42. The van der Waals surface area contributed by atoms with Gasteiger partial charge in [-0.05, 0) is 30.3 Å². The van der Waals surface area contributed by atoms with Crippen molar-refractivity contribution in [1.82, 2.24) is 0 Å². The van der Waals surface area contributed by atoms with Gasteiger partial charge in [0, 0.05) is 5.02 Å². The minimum Gasteiger partial charge on any atom is -0.573 e. The molecule has 0 aliphatic heterocycles. The molecule has 0 radical (unpaired) electrons. The fourth-order valence-corrected chi connectivity index (χ4v) is 3.24. The molecule has 106 valence electrons. The zero-order valence-corrected chi connectivity index (χ0v) is 12.7. The Morgan fingerprint density at radius 3 is 2.30 bits per heavy atom. The fraction of sp³-hybridized carbons (Fsp3) is 0.0769. The van der Waals surface area contributed by atoms with Gasteiger partial charge in [0.2, 0.25) is 0 Å². The van der Waals surface area contributed by atoms with Gasteiger partial charge in [-0.2, -0.15) is 0 Å². The summed E-state index contributed by atoms with van der Waals surface area (Å²) in [6, 6.07) is 10.5. The molecule has 7 heteroatoms.